The first-order valence-corrected chi connectivity index (χ1v) is 5.58. The Morgan fingerprint density at radius 3 is 2.47 bits per heavy atom. The van der Waals surface area contributed by atoms with E-state index in [0.29, 0.717) is 5.56 Å². The van der Waals surface area contributed by atoms with Crippen LogP contribution in [-0.2, 0) is 4.74 Å². The zero-order valence-electron chi connectivity index (χ0n) is 9.43. The van der Waals surface area contributed by atoms with Crippen LogP contribution in [0.4, 0.5) is 0 Å². The second-order valence-electron chi connectivity index (χ2n) is 4.49. The van der Waals surface area contributed by atoms with Crippen LogP contribution in [0, 0.1) is 6.92 Å². The fraction of sp³-hybridized carbons (Fsp3) is 0.417. The lowest BCUT2D eigenvalue weighted by molar-refractivity contribution is 0.00684. The van der Waals surface area contributed by atoms with E-state index < -0.39 is 5.60 Å². The Bertz CT molecular complexity index is 378. The Hall–Kier alpha value is -0.830. The molecule has 0 heterocycles. The maximum absolute atomic E-state index is 11.8. The molecule has 0 saturated carbocycles. The molecule has 1 aromatic carbocycles. The summed E-state index contributed by atoms with van der Waals surface area (Å²) >= 11 is 3.34. The van der Waals surface area contributed by atoms with Gasteiger partial charge in [-0.3, -0.25) is 0 Å². The minimum absolute atomic E-state index is 0.293. The molecule has 0 aliphatic rings. The largest absolute Gasteiger partial charge is 0.456 e. The number of benzene rings is 1. The van der Waals surface area contributed by atoms with Crippen molar-refractivity contribution in [2.45, 2.75) is 33.3 Å². The second-order valence-corrected chi connectivity index (χ2v) is 5.34. The molecule has 1 rings (SSSR count). The highest BCUT2D eigenvalue weighted by molar-refractivity contribution is 9.10. The van der Waals surface area contributed by atoms with Crippen molar-refractivity contribution in [1.82, 2.24) is 0 Å². The Morgan fingerprint density at radius 1 is 1.33 bits per heavy atom. The van der Waals surface area contributed by atoms with Gasteiger partial charge in [0.2, 0.25) is 0 Å². The summed E-state index contributed by atoms with van der Waals surface area (Å²) in [5.74, 6) is -0.293. The first kappa shape index (κ1) is 12.2. The normalized spacial score (nSPS) is 11.3. The summed E-state index contributed by atoms with van der Waals surface area (Å²) in [6.07, 6.45) is 0. The smallest absolute Gasteiger partial charge is 0.339 e. The third-order valence-corrected chi connectivity index (χ3v) is 2.43. The van der Waals surface area contributed by atoms with Gasteiger partial charge in [0, 0.05) is 4.47 Å². The topological polar surface area (TPSA) is 26.3 Å². The summed E-state index contributed by atoms with van der Waals surface area (Å²) in [5, 5.41) is 0. The Labute approximate surface area is 98.8 Å². The van der Waals surface area contributed by atoms with Crippen molar-refractivity contribution in [2.24, 2.45) is 0 Å². The van der Waals surface area contributed by atoms with Gasteiger partial charge in [0.15, 0.2) is 0 Å². The second kappa shape index (κ2) is 4.35. The zero-order chi connectivity index (χ0) is 11.6. The van der Waals surface area contributed by atoms with Gasteiger partial charge in [-0.1, -0.05) is 11.6 Å². The van der Waals surface area contributed by atoms with Crippen LogP contribution in [0.5, 0.6) is 0 Å². The van der Waals surface area contributed by atoms with Crippen molar-refractivity contribution in [3.63, 3.8) is 0 Å². The molecule has 0 N–H and O–H groups in total. The molecular weight excluding hydrogens is 256 g/mol. The molecule has 0 aromatic heterocycles. The lowest BCUT2D eigenvalue weighted by Crippen LogP contribution is -2.24. The third-order valence-electron chi connectivity index (χ3n) is 1.74. The van der Waals surface area contributed by atoms with E-state index in [4.69, 9.17) is 4.74 Å². The predicted molar refractivity (Wildman–Crippen MR) is 64.0 cm³/mol. The number of carbonyl (C=O) groups excluding carboxylic acids is 1. The highest BCUT2D eigenvalue weighted by Gasteiger charge is 2.19. The molecule has 0 amide bonds. The highest BCUT2D eigenvalue weighted by Crippen LogP contribution is 2.21. The van der Waals surface area contributed by atoms with E-state index >= 15 is 0 Å². The van der Waals surface area contributed by atoms with Crippen molar-refractivity contribution in [3.8, 4) is 0 Å². The SMILES string of the molecule is Cc1ccc(Br)c(C(=O)OC(C)(C)C)c1. The van der Waals surface area contributed by atoms with E-state index in [9.17, 15) is 4.79 Å². The van der Waals surface area contributed by atoms with Gasteiger partial charge in [-0.25, -0.2) is 4.79 Å². The molecule has 1 aromatic rings. The Balaban J connectivity index is 2.96. The molecule has 3 heteroatoms. The fourth-order valence-electron chi connectivity index (χ4n) is 1.13. The van der Waals surface area contributed by atoms with Crippen molar-refractivity contribution >= 4 is 21.9 Å². The third kappa shape index (κ3) is 3.67. The molecule has 2 nitrogen and oxygen atoms in total. The van der Waals surface area contributed by atoms with Crippen LogP contribution >= 0.6 is 15.9 Å². The lowest BCUT2D eigenvalue weighted by Gasteiger charge is -2.20. The van der Waals surface area contributed by atoms with Crippen molar-refractivity contribution in [2.75, 3.05) is 0 Å². The molecular formula is C12H15BrO2. The standard InChI is InChI=1S/C12H15BrO2/c1-8-5-6-10(13)9(7-8)11(14)15-12(2,3)4/h5-7H,1-4H3. The molecule has 0 saturated heterocycles. The summed E-state index contributed by atoms with van der Waals surface area (Å²) in [6.45, 7) is 7.51. The Morgan fingerprint density at radius 2 is 1.93 bits per heavy atom. The minimum Gasteiger partial charge on any atom is -0.456 e. The van der Waals surface area contributed by atoms with E-state index in [1.54, 1.807) is 0 Å². The first-order chi connectivity index (χ1) is 6.79. The Kier molecular flexibility index (Phi) is 3.55. The molecule has 0 unspecified atom stereocenters. The van der Waals surface area contributed by atoms with Crippen LogP contribution in [0.1, 0.15) is 36.7 Å². The molecule has 0 aliphatic heterocycles. The summed E-state index contributed by atoms with van der Waals surface area (Å²) in [6, 6.07) is 5.62. The van der Waals surface area contributed by atoms with E-state index in [2.05, 4.69) is 15.9 Å². The van der Waals surface area contributed by atoms with Gasteiger partial charge >= 0.3 is 5.97 Å². The monoisotopic (exact) mass is 270 g/mol. The number of esters is 1. The molecule has 0 atom stereocenters. The number of aryl methyl sites for hydroxylation is 1. The van der Waals surface area contributed by atoms with E-state index in [-0.39, 0.29) is 5.97 Å². The molecule has 15 heavy (non-hydrogen) atoms. The molecule has 0 radical (unpaired) electrons. The summed E-state index contributed by atoms with van der Waals surface area (Å²) in [4.78, 5) is 11.8. The molecule has 0 spiro atoms. The van der Waals surface area contributed by atoms with Gasteiger partial charge in [0.05, 0.1) is 5.56 Å². The van der Waals surface area contributed by atoms with Crippen LogP contribution < -0.4 is 0 Å². The average Bonchev–Trinajstić information content (AvgIpc) is 2.06. The maximum atomic E-state index is 11.8. The predicted octanol–water partition coefficient (Wildman–Crippen LogP) is 3.71. The van der Waals surface area contributed by atoms with Crippen LogP contribution in [0.25, 0.3) is 0 Å². The summed E-state index contributed by atoms with van der Waals surface area (Å²) in [7, 11) is 0. The van der Waals surface area contributed by atoms with Crippen LogP contribution in [0.2, 0.25) is 0 Å². The lowest BCUT2D eigenvalue weighted by atomic mass is 10.1. The molecule has 0 bridgehead atoms. The van der Waals surface area contributed by atoms with Gasteiger partial charge in [0.25, 0.3) is 0 Å². The van der Waals surface area contributed by atoms with Gasteiger partial charge in [-0.2, -0.15) is 0 Å². The zero-order valence-corrected chi connectivity index (χ0v) is 11.0. The highest BCUT2D eigenvalue weighted by atomic mass is 79.9. The first-order valence-electron chi connectivity index (χ1n) is 4.79. The number of rotatable bonds is 1. The van der Waals surface area contributed by atoms with Gasteiger partial charge in [0.1, 0.15) is 5.60 Å². The van der Waals surface area contributed by atoms with Crippen molar-refractivity contribution < 1.29 is 9.53 Å². The van der Waals surface area contributed by atoms with Crippen molar-refractivity contribution in [3.05, 3.63) is 33.8 Å². The molecule has 82 valence electrons. The number of hydrogen-bond acceptors (Lipinski definition) is 2. The van der Waals surface area contributed by atoms with E-state index in [1.807, 2.05) is 45.9 Å². The average molecular weight is 271 g/mol. The fourth-order valence-corrected chi connectivity index (χ4v) is 1.54. The number of halogens is 1. The molecule has 0 fully saturated rings. The van der Waals surface area contributed by atoms with Gasteiger partial charge < -0.3 is 4.74 Å². The van der Waals surface area contributed by atoms with Crippen molar-refractivity contribution in [1.29, 1.82) is 0 Å². The van der Waals surface area contributed by atoms with Crippen LogP contribution in [-0.4, -0.2) is 11.6 Å². The van der Waals surface area contributed by atoms with E-state index in [0.717, 1.165) is 10.0 Å². The van der Waals surface area contributed by atoms with E-state index in [1.165, 1.54) is 0 Å². The minimum atomic E-state index is -0.458. The summed E-state index contributed by atoms with van der Waals surface area (Å²) < 4.78 is 6.06. The number of carbonyl (C=O) groups is 1. The number of hydrogen-bond donors (Lipinski definition) is 0. The molecule has 0 aliphatic carbocycles. The van der Waals surface area contributed by atoms with Gasteiger partial charge in [-0.05, 0) is 55.8 Å². The quantitative estimate of drug-likeness (QED) is 0.728. The van der Waals surface area contributed by atoms with Crippen LogP contribution in [0.3, 0.4) is 0 Å². The maximum Gasteiger partial charge on any atom is 0.339 e. The summed E-state index contributed by atoms with van der Waals surface area (Å²) in [5.41, 5.74) is 1.16. The number of ether oxygens (including phenoxy) is 1. The van der Waals surface area contributed by atoms with Crippen LogP contribution in [0.15, 0.2) is 22.7 Å². The van der Waals surface area contributed by atoms with Gasteiger partial charge in [-0.15, -0.1) is 0 Å².